The molecule has 0 saturated carbocycles. The van der Waals surface area contributed by atoms with Crippen molar-refractivity contribution in [1.82, 2.24) is 14.9 Å². The molecule has 0 amide bonds. The first-order chi connectivity index (χ1) is 22.6. The molecule has 10 heteroatoms. The Kier molecular flexibility index (Phi) is 8.32. The number of halogens is 2. The van der Waals surface area contributed by atoms with Crippen LogP contribution in [0.15, 0.2) is 84.0 Å². The van der Waals surface area contributed by atoms with Crippen LogP contribution in [0.1, 0.15) is 48.3 Å². The zero-order valence-electron chi connectivity index (χ0n) is 26.3. The van der Waals surface area contributed by atoms with Gasteiger partial charge < -0.3 is 19.7 Å². The number of thiophene rings is 1. The van der Waals surface area contributed by atoms with Crippen LogP contribution in [0.5, 0.6) is 5.75 Å². The minimum absolute atomic E-state index is 0.139. The van der Waals surface area contributed by atoms with Crippen LogP contribution in [0.2, 0.25) is 0 Å². The number of benzene rings is 2. The molecule has 47 heavy (non-hydrogen) atoms. The molecule has 1 saturated heterocycles. The van der Waals surface area contributed by atoms with Gasteiger partial charge in [0, 0.05) is 53.4 Å². The number of pyridine rings is 1. The number of hydrogen-bond acceptors (Lipinski definition) is 6. The molecular formula is C37H36F2N4O3S. The van der Waals surface area contributed by atoms with E-state index in [0.29, 0.717) is 24.4 Å². The largest absolute Gasteiger partial charge is 0.478 e. The summed E-state index contributed by atoms with van der Waals surface area (Å²) < 4.78 is 34.9. The summed E-state index contributed by atoms with van der Waals surface area (Å²) in [5, 5.41) is 12.3. The fraction of sp³-hybridized carbons (Fsp3) is 0.297. The van der Waals surface area contributed by atoms with Crippen LogP contribution in [-0.2, 0) is 0 Å². The smallest absolute Gasteiger partial charge is 0.335 e. The van der Waals surface area contributed by atoms with Gasteiger partial charge in [0.25, 0.3) is 0 Å². The van der Waals surface area contributed by atoms with E-state index < -0.39 is 17.6 Å². The number of aromatic carboxylic acids is 1. The van der Waals surface area contributed by atoms with Crippen molar-refractivity contribution < 1.29 is 23.4 Å². The predicted octanol–water partition coefficient (Wildman–Crippen LogP) is 8.46. The van der Waals surface area contributed by atoms with Gasteiger partial charge in [-0.3, -0.25) is 4.90 Å². The lowest BCUT2D eigenvalue weighted by molar-refractivity contribution is 0.0697. The van der Waals surface area contributed by atoms with E-state index in [1.807, 2.05) is 41.9 Å². The lowest BCUT2D eigenvalue weighted by Gasteiger charge is -2.43. The zero-order chi connectivity index (χ0) is 32.7. The van der Waals surface area contributed by atoms with Crippen LogP contribution in [0, 0.1) is 17.0 Å². The number of carboxylic acids is 1. The molecule has 0 spiro atoms. The van der Waals surface area contributed by atoms with E-state index in [0.717, 1.165) is 65.6 Å². The zero-order valence-corrected chi connectivity index (χ0v) is 27.1. The molecule has 7 nitrogen and oxygen atoms in total. The van der Waals surface area contributed by atoms with E-state index in [1.54, 1.807) is 29.7 Å². The monoisotopic (exact) mass is 654 g/mol. The first-order valence-electron chi connectivity index (χ1n) is 15.8. The first-order valence-corrected chi connectivity index (χ1v) is 16.7. The van der Waals surface area contributed by atoms with Crippen molar-refractivity contribution >= 4 is 39.6 Å². The van der Waals surface area contributed by atoms with Crippen molar-refractivity contribution in [2.24, 2.45) is 5.41 Å². The Morgan fingerprint density at radius 3 is 2.72 bits per heavy atom. The molecule has 1 atom stereocenters. The van der Waals surface area contributed by atoms with Crippen molar-refractivity contribution in [1.29, 1.82) is 0 Å². The topological polar surface area (TPSA) is 81.7 Å². The molecule has 3 aromatic heterocycles. The molecule has 5 aromatic rings. The number of anilines is 1. The predicted molar refractivity (Wildman–Crippen MR) is 182 cm³/mol. The maximum atomic E-state index is 14.7. The standard InChI is InChI=1S/C37H36F2N4O3S/c1-37(2)11-9-25(31(18-37)33-16-26(22-47-33)30-8-5-27(38)17-32(30)39)20-42-13-14-43(28-6-3-23(4-7-28)36(44)45)34(21-42)46-29-15-24-10-12-40-35(24)41-19-29/h3-8,10,12,15-17,19,22,34H,9,11,13-14,18,20-21H2,1-2H3,(H,40,41)(H,44,45). The van der Waals surface area contributed by atoms with Crippen LogP contribution < -0.4 is 9.64 Å². The van der Waals surface area contributed by atoms with Crippen LogP contribution in [0.25, 0.3) is 27.7 Å². The third-order valence-electron chi connectivity index (χ3n) is 9.25. The number of hydrogen-bond donors (Lipinski definition) is 2. The number of nitrogens with zero attached hydrogens (tertiary/aromatic N) is 3. The lowest BCUT2D eigenvalue weighted by atomic mass is 9.73. The number of aromatic nitrogens is 2. The minimum Gasteiger partial charge on any atom is -0.478 e. The molecule has 1 aliphatic heterocycles. The highest BCUT2D eigenvalue weighted by Gasteiger charge is 2.33. The highest BCUT2D eigenvalue weighted by atomic mass is 32.1. The van der Waals surface area contributed by atoms with Crippen molar-refractivity contribution in [2.45, 2.75) is 39.3 Å². The second kappa shape index (κ2) is 12.6. The fourth-order valence-corrected chi connectivity index (χ4v) is 7.68. The number of carbonyl (C=O) groups is 1. The van der Waals surface area contributed by atoms with E-state index in [4.69, 9.17) is 4.74 Å². The molecule has 0 radical (unpaired) electrons. The number of rotatable bonds is 8. The van der Waals surface area contributed by atoms with Gasteiger partial charge >= 0.3 is 5.97 Å². The number of carboxylic acid groups (broad SMARTS) is 1. The van der Waals surface area contributed by atoms with Gasteiger partial charge in [0.15, 0.2) is 6.23 Å². The number of aromatic amines is 1. The number of fused-ring (bicyclic) bond motifs is 1. The summed E-state index contributed by atoms with van der Waals surface area (Å²) in [5.74, 6) is -1.43. The summed E-state index contributed by atoms with van der Waals surface area (Å²) in [4.78, 5) is 24.9. The van der Waals surface area contributed by atoms with Crippen LogP contribution in [-0.4, -0.2) is 58.4 Å². The van der Waals surface area contributed by atoms with E-state index in [-0.39, 0.29) is 17.2 Å². The van der Waals surface area contributed by atoms with E-state index in [2.05, 4.69) is 33.6 Å². The first kappa shape index (κ1) is 31.1. The van der Waals surface area contributed by atoms with E-state index in [1.165, 1.54) is 23.3 Å². The SMILES string of the molecule is CC1(C)CCC(CN2CCN(c3ccc(C(=O)O)cc3)C(Oc3cnc4[nH]ccc4c3)C2)=C(c2cc(-c3ccc(F)cc3F)cs2)C1. The second-order valence-electron chi connectivity index (χ2n) is 13.2. The number of nitrogens with one attached hydrogen (secondary N) is 1. The minimum atomic E-state index is -0.958. The molecule has 0 bridgehead atoms. The molecule has 2 aliphatic rings. The quantitative estimate of drug-likeness (QED) is 0.175. The third kappa shape index (κ3) is 6.66. The summed E-state index contributed by atoms with van der Waals surface area (Å²) in [5.41, 5.74) is 5.94. The van der Waals surface area contributed by atoms with Crippen LogP contribution in [0.4, 0.5) is 14.5 Å². The van der Waals surface area contributed by atoms with Gasteiger partial charge in [-0.15, -0.1) is 11.3 Å². The lowest BCUT2D eigenvalue weighted by Crippen LogP contribution is -2.56. The fourth-order valence-electron chi connectivity index (χ4n) is 6.68. The Bertz CT molecular complexity index is 1970. The van der Waals surface area contributed by atoms with Gasteiger partial charge in [-0.2, -0.15) is 0 Å². The second-order valence-corrected chi connectivity index (χ2v) is 14.1. The van der Waals surface area contributed by atoms with Crippen molar-refractivity contribution in [3.8, 4) is 16.9 Å². The highest BCUT2D eigenvalue weighted by molar-refractivity contribution is 7.11. The summed E-state index contributed by atoms with van der Waals surface area (Å²) in [7, 11) is 0. The average molecular weight is 655 g/mol. The Morgan fingerprint density at radius 1 is 1.11 bits per heavy atom. The molecule has 2 aromatic carbocycles. The summed E-state index contributed by atoms with van der Waals surface area (Å²) in [6.45, 7) is 7.49. The number of allylic oxidation sites excluding steroid dienone is 1. The number of H-pyrrole nitrogens is 1. The van der Waals surface area contributed by atoms with Crippen LogP contribution in [0.3, 0.4) is 0 Å². The Hall–Kier alpha value is -4.54. The Balaban J connectivity index is 1.17. The maximum absolute atomic E-state index is 14.7. The average Bonchev–Trinajstić information content (AvgIpc) is 3.72. The maximum Gasteiger partial charge on any atom is 0.335 e. The molecular weight excluding hydrogens is 618 g/mol. The van der Waals surface area contributed by atoms with Gasteiger partial charge in [-0.05, 0) is 95.8 Å². The molecule has 4 heterocycles. The molecule has 7 rings (SSSR count). The number of piperazine rings is 1. The molecule has 2 N–H and O–H groups in total. The van der Waals surface area contributed by atoms with Gasteiger partial charge in [0.1, 0.15) is 23.0 Å². The Morgan fingerprint density at radius 2 is 1.94 bits per heavy atom. The molecule has 242 valence electrons. The van der Waals surface area contributed by atoms with Crippen molar-refractivity contribution in [2.75, 3.05) is 31.1 Å². The Labute approximate surface area is 276 Å². The molecule has 1 aliphatic carbocycles. The van der Waals surface area contributed by atoms with Crippen molar-refractivity contribution in [3.63, 3.8) is 0 Å². The number of ether oxygens (including phenoxy) is 1. The molecule has 1 unspecified atom stereocenters. The summed E-state index contributed by atoms with van der Waals surface area (Å²) in [6.07, 6.45) is 6.21. The normalized spacial score (nSPS) is 18.6. The summed E-state index contributed by atoms with van der Waals surface area (Å²) in [6, 6.07) is 16.7. The molecule has 1 fully saturated rings. The third-order valence-corrected chi connectivity index (χ3v) is 10.2. The van der Waals surface area contributed by atoms with Crippen molar-refractivity contribution in [3.05, 3.63) is 106 Å². The van der Waals surface area contributed by atoms with E-state index >= 15 is 0 Å². The highest BCUT2D eigenvalue weighted by Crippen LogP contribution is 2.45. The van der Waals surface area contributed by atoms with Gasteiger partial charge in [-0.1, -0.05) is 19.4 Å². The van der Waals surface area contributed by atoms with Crippen LogP contribution >= 0.6 is 11.3 Å². The van der Waals surface area contributed by atoms with E-state index in [9.17, 15) is 18.7 Å². The summed E-state index contributed by atoms with van der Waals surface area (Å²) >= 11 is 1.61. The van der Waals surface area contributed by atoms with Gasteiger partial charge in [0.05, 0.1) is 18.3 Å². The van der Waals surface area contributed by atoms with Gasteiger partial charge in [0.2, 0.25) is 0 Å². The van der Waals surface area contributed by atoms with Gasteiger partial charge in [-0.25, -0.2) is 18.6 Å².